The highest BCUT2D eigenvalue weighted by Crippen LogP contribution is 2.30. The molecule has 0 radical (unpaired) electrons. The number of hydrogen-bond donors (Lipinski definition) is 1. The Morgan fingerprint density at radius 3 is 2.80 bits per heavy atom. The van der Waals surface area contributed by atoms with Crippen molar-refractivity contribution in [2.45, 2.75) is 13.8 Å². The van der Waals surface area contributed by atoms with Crippen LogP contribution in [0, 0.1) is 5.92 Å². The van der Waals surface area contributed by atoms with E-state index in [-0.39, 0.29) is 0 Å². The molecule has 0 saturated heterocycles. The number of nitrogens with zero attached hydrogens (tertiary/aromatic N) is 2. The van der Waals surface area contributed by atoms with Gasteiger partial charge in [0.1, 0.15) is 0 Å². The average molecular weight is 273 g/mol. The molecule has 20 heavy (non-hydrogen) atoms. The van der Waals surface area contributed by atoms with E-state index in [0.29, 0.717) is 12.5 Å². The first-order chi connectivity index (χ1) is 9.63. The number of hydrogen-bond acceptors (Lipinski definition) is 4. The second-order valence-electron chi connectivity index (χ2n) is 5.40. The predicted octanol–water partition coefficient (Wildman–Crippen LogP) is 2.93. The number of ether oxygens (including phenoxy) is 1. The first-order valence-electron chi connectivity index (χ1n) is 7.00. The summed E-state index contributed by atoms with van der Waals surface area (Å²) in [4.78, 5) is 6.63. The van der Waals surface area contributed by atoms with Crippen LogP contribution in [0.5, 0.6) is 0 Å². The summed E-state index contributed by atoms with van der Waals surface area (Å²) in [5, 5.41) is 1.01. The minimum atomic E-state index is 0.566. The van der Waals surface area contributed by atoms with Crippen molar-refractivity contribution in [3.63, 3.8) is 0 Å². The summed E-state index contributed by atoms with van der Waals surface area (Å²) in [6.45, 7) is 6.90. The second kappa shape index (κ2) is 6.57. The molecule has 4 heteroatoms. The molecule has 0 atom stereocenters. The maximum Gasteiger partial charge on any atom is 0.0724 e. The van der Waals surface area contributed by atoms with Crippen LogP contribution in [0.2, 0.25) is 0 Å². The van der Waals surface area contributed by atoms with Gasteiger partial charge >= 0.3 is 0 Å². The highest BCUT2D eigenvalue weighted by atomic mass is 16.5. The topological polar surface area (TPSA) is 51.4 Å². The van der Waals surface area contributed by atoms with Crippen LogP contribution >= 0.6 is 0 Å². The van der Waals surface area contributed by atoms with E-state index in [1.165, 1.54) is 0 Å². The van der Waals surface area contributed by atoms with Crippen molar-refractivity contribution in [3.8, 4) is 0 Å². The quantitative estimate of drug-likeness (QED) is 0.822. The Kier molecular flexibility index (Phi) is 4.79. The number of anilines is 2. The molecule has 2 N–H and O–H groups in total. The Balaban J connectivity index is 2.39. The zero-order valence-corrected chi connectivity index (χ0v) is 12.5. The van der Waals surface area contributed by atoms with Crippen molar-refractivity contribution in [1.82, 2.24) is 4.98 Å². The summed E-state index contributed by atoms with van der Waals surface area (Å²) in [6.07, 6.45) is 1.79. The minimum absolute atomic E-state index is 0.566. The lowest BCUT2D eigenvalue weighted by Gasteiger charge is -2.28. The number of nitrogen functional groups attached to an aromatic ring is 1. The van der Waals surface area contributed by atoms with Crippen molar-refractivity contribution >= 4 is 22.3 Å². The SMILES string of the molecule is COCCN(CC(C)C)c1ccc2ncccc2c1N. The minimum Gasteiger partial charge on any atom is -0.396 e. The maximum absolute atomic E-state index is 6.34. The van der Waals surface area contributed by atoms with Gasteiger partial charge in [-0.1, -0.05) is 13.8 Å². The predicted molar refractivity (Wildman–Crippen MR) is 85.1 cm³/mol. The van der Waals surface area contributed by atoms with E-state index in [4.69, 9.17) is 10.5 Å². The summed E-state index contributed by atoms with van der Waals surface area (Å²) < 4.78 is 5.21. The fourth-order valence-corrected chi connectivity index (χ4v) is 2.39. The highest BCUT2D eigenvalue weighted by Gasteiger charge is 2.13. The normalized spacial score (nSPS) is 11.2. The number of rotatable bonds is 6. The molecule has 1 aromatic carbocycles. The zero-order valence-electron chi connectivity index (χ0n) is 12.5. The van der Waals surface area contributed by atoms with Crippen LogP contribution in [0.1, 0.15) is 13.8 Å². The Morgan fingerprint density at radius 2 is 2.10 bits per heavy atom. The molecule has 0 aliphatic rings. The smallest absolute Gasteiger partial charge is 0.0724 e. The third kappa shape index (κ3) is 3.20. The van der Waals surface area contributed by atoms with Crippen LogP contribution in [-0.2, 0) is 4.74 Å². The molecule has 1 heterocycles. The largest absolute Gasteiger partial charge is 0.396 e. The van der Waals surface area contributed by atoms with E-state index < -0.39 is 0 Å². The van der Waals surface area contributed by atoms with E-state index in [0.717, 1.165) is 35.4 Å². The molecule has 108 valence electrons. The van der Waals surface area contributed by atoms with Crippen molar-refractivity contribution in [1.29, 1.82) is 0 Å². The molecule has 0 aliphatic carbocycles. The van der Waals surface area contributed by atoms with Gasteiger partial charge in [0, 0.05) is 31.8 Å². The Hall–Kier alpha value is -1.81. The summed E-state index contributed by atoms with van der Waals surface area (Å²) >= 11 is 0. The lowest BCUT2D eigenvalue weighted by Crippen LogP contribution is -2.31. The van der Waals surface area contributed by atoms with Crippen LogP contribution in [0.15, 0.2) is 30.5 Å². The number of nitrogens with two attached hydrogens (primary N) is 1. The first-order valence-corrected chi connectivity index (χ1v) is 7.00. The van der Waals surface area contributed by atoms with Crippen molar-refractivity contribution in [2.24, 2.45) is 5.92 Å². The van der Waals surface area contributed by atoms with Gasteiger partial charge in [-0.2, -0.15) is 0 Å². The molecule has 4 nitrogen and oxygen atoms in total. The van der Waals surface area contributed by atoms with Gasteiger partial charge in [0.05, 0.1) is 23.5 Å². The van der Waals surface area contributed by atoms with Crippen LogP contribution in [-0.4, -0.2) is 31.8 Å². The monoisotopic (exact) mass is 273 g/mol. The van der Waals surface area contributed by atoms with Gasteiger partial charge in [0.25, 0.3) is 0 Å². The number of fused-ring (bicyclic) bond motifs is 1. The van der Waals surface area contributed by atoms with Gasteiger partial charge in [0.15, 0.2) is 0 Å². The molecule has 2 rings (SSSR count). The third-order valence-electron chi connectivity index (χ3n) is 3.30. The fourth-order valence-electron chi connectivity index (χ4n) is 2.39. The lowest BCUT2D eigenvalue weighted by molar-refractivity contribution is 0.204. The summed E-state index contributed by atoms with van der Waals surface area (Å²) in [5.74, 6) is 0.566. The van der Waals surface area contributed by atoms with E-state index in [2.05, 4.69) is 29.8 Å². The Morgan fingerprint density at radius 1 is 1.30 bits per heavy atom. The van der Waals surface area contributed by atoms with Crippen molar-refractivity contribution < 1.29 is 4.74 Å². The Bertz CT molecular complexity index is 569. The number of methoxy groups -OCH3 is 1. The van der Waals surface area contributed by atoms with Gasteiger partial charge in [-0.25, -0.2) is 0 Å². The van der Waals surface area contributed by atoms with Gasteiger partial charge in [-0.3, -0.25) is 4.98 Å². The molecule has 0 amide bonds. The van der Waals surface area contributed by atoms with E-state index in [1.807, 2.05) is 18.2 Å². The molecule has 0 unspecified atom stereocenters. The molecule has 0 saturated carbocycles. The molecule has 2 aromatic rings. The first kappa shape index (κ1) is 14.6. The van der Waals surface area contributed by atoms with Gasteiger partial charge < -0.3 is 15.4 Å². The fraction of sp³-hybridized carbons (Fsp3) is 0.438. The number of benzene rings is 1. The van der Waals surface area contributed by atoms with E-state index >= 15 is 0 Å². The molecular formula is C16H23N3O. The van der Waals surface area contributed by atoms with Crippen molar-refractivity contribution in [3.05, 3.63) is 30.5 Å². The average Bonchev–Trinajstić information content (AvgIpc) is 2.44. The Labute approximate surface area is 120 Å². The lowest BCUT2D eigenvalue weighted by atomic mass is 10.1. The highest BCUT2D eigenvalue weighted by molar-refractivity contribution is 5.97. The van der Waals surface area contributed by atoms with Crippen LogP contribution in [0.4, 0.5) is 11.4 Å². The van der Waals surface area contributed by atoms with Crippen LogP contribution < -0.4 is 10.6 Å². The standard InChI is InChI=1S/C16H23N3O/c1-12(2)11-19(9-10-20-3)15-7-6-14-13(16(15)17)5-4-8-18-14/h4-8,12H,9-11,17H2,1-3H3. The molecule has 0 fully saturated rings. The van der Waals surface area contributed by atoms with E-state index in [9.17, 15) is 0 Å². The molecule has 0 bridgehead atoms. The summed E-state index contributed by atoms with van der Waals surface area (Å²) in [7, 11) is 1.72. The maximum atomic E-state index is 6.34. The molecular weight excluding hydrogens is 250 g/mol. The molecule has 0 spiro atoms. The summed E-state index contributed by atoms with van der Waals surface area (Å²) in [6, 6.07) is 8.03. The third-order valence-corrected chi connectivity index (χ3v) is 3.30. The van der Waals surface area contributed by atoms with Crippen LogP contribution in [0.25, 0.3) is 10.9 Å². The molecule has 1 aromatic heterocycles. The second-order valence-corrected chi connectivity index (χ2v) is 5.40. The number of pyridine rings is 1. The molecule has 0 aliphatic heterocycles. The van der Waals surface area contributed by atoms with E-state index in [1.54, 1.807) is 13.3 Å². The van der Waals surface area contributed by atoms with Crippen LogP contribution in [0.3, 0.4) is 0 Å². The number of aromatic nitrogens is 1. The summed E-state index contributed by atoms with van der Waals surface area (Å²) in [5.41, 5.74) is 9.14. The van der Waals surface area contributed by atoms with Gasteiger partial charge in [0.2, 0.25) is 0 Å². The van der Waals surface area contributed by atoms with Crippen molar-refractivity contribution in [2.75, 3.05) is 37.4 Å². The van der Waals surface area contributed by atoms with Gasteiger partial charge in [-0.15, -0.1) is 0 Å². The zero-order chi connectivity index (χ0) is 14.5. The van der Waals surface area contributed by atoms with Gasteiger partial charge in [-0.05, 0) is 30.2 Å².